The van der Waals surface area contributed by atoms with Gasteiger partial charge in [0, 0.05) is 12.6 Å². The van der Waals surface area contributed by atoms with Crippen molar-refractivity contribution in [3.63, 3.8) is 0 Å². The van der Waals surface area contributed by atoms with Gasteiger partial charge in [-0.3, -0.25) is 9.78 Å². The molecule has 1 aromatic rings. The number of amides is 1. The van der Waals surface area contributed by atoms with E-state index in [0.717, 1.165) is 19.3 Å². The predicted molar refractivity (Wildman–Crippen MR) is 77.8 cm³/mol. The van der Waals surface area contributed by atoms with Crippen LogP contribution in [-0.2, 0) is 4.79 Å². The van der Waals surface area contributed by atoms with E-state index in [1.165, 1.54) is 37.7 Å². The van der Waals surface area contributed by atoms with Crippen molar-refractivity contribution in [3.8, 4) is 0 Å². The van der Waals surface area contributed by atoms with Gasteiger partial charge in [-0.25, -0.2) is 4.79 Å². The second kappa shape index (κ2) is 9.07. The second-order valence-electron chi connectivity index (χ2n) is 4.83. The molecule has 0 fully saturated rings. The molecular weight excluding hydrogens is 256 g/mol. The van der Waals surface area contributed by atoms with Crippen LogP contribution in [0.5, 0.6) is 0 Å². The molecule has 20 heavy (non-hydrogen) atoms. The smallest absolute Gasteiger partial charge is 0.337 e. The zero-order valence-electron chi connectivity index (χ0n) is 11.9. The molecule has 0 aliphatic carbocycles. The van der Waals surface area contributed by atoms with Crippen LogP contribution >= 0.6 is 0 Å². The largest absolute Gasteiger partial charge is 0.478 e. The Balaban J connectivity index is 2.28. The van der Waals surface area contributed by atoms with Gasteiger partial charge in [-0.05, 0) is 12.5 Å². The zero-order chi connectivity index (χ0) is 14.8. The number of nitrogens with zero attached hydrogens (tertiary/aromatic N) is 1. The number of aromatic nitrogens is 1. The van der Waals surface area contributed by atoms with Gasteiger partial charge in [0.1, 0.15) is 0 Å². The molecule has 2 N–H and O–H groups in total. The minimum Gasteiger partial charge on any atom is -0.478 e. The van der Waals surface area contributed by atoms with E-state index in [4.69, 9.17) is 5.11 Å². The van der Waals surface area contributed by atoms with E-state index in [1.54, 1.807) is 0 Å². The first kappa shape index (κ1) is 16.1. The lowest BCUT2D eigenvalue weighted by Crippen LogP contribution is -2.12. The highest BCUT2D eigenvalue weighted by atomic mass is 16.4. The van der Waals surface area contributed by atoms with Crippen molar-refractivity contribution in [1.82, 2.24) is 4.98 Å². The molecule has 0 atom stereocenters. The number of hydrogen-bond acceptors (Lipinski definition) is 3. The SMILES string of the molecule is CCCCCCCCC(=O)Nc1cncc(C(=O)O)c1. The maximum Gasteiger partial charge on any atom is 0.337 e. The van der Waals surface area contributed by atoms with Crippen molar-refractivity contribution in [1.29, 1.82) is 0 Å². The van der Waals surface area contributed by atoms with Gasteiger partial charge in [-0.15, -0.1) is 0 Å². The monoisotopic (exact) mass is 278 g/mol. The van der Waals surface area contributed by atoms with Crippen molar-refractivity contribution in [2.75, 3.05) is 5.32 Å². The Morgan fingerprint density at radius 2 is 1.85 bits per heavy atom. The van der Waals surface area contributed by atoms with Crippen molar-refractivity contribution in [3.05, 3.63) is 24.0 Å². The normalized spacial score (nSPS) is 10.2. The van der Waals surface area contributed by atoms with Crippen LogP contribution in [0.15, 0.2) is 18.5 Å². The second-order valence-corrected chi connectivity index (χ2v) is 4.83. The van der Waals surface area contributed by atoms with Crippen molar-refractivity contribution in [2.24, 2.45) is 0 Å². The number of hydrogen-bond donors (Lipinski definition) is 2. The summed E-state index contributed by atoms with van der Waals surface area (Å²) in [5.41, 5.74) is 0.503. The first-order valence-electron chi connectivity index (χ1n) is 7.11. The van der Waals surface area contributed by atoms with Gasteiger partial charge in [0.15, 0.2) is 0 Å². The molecule has 5 nitrogen and oxygen atoms in total. The third-order valence-electron chi connectivity index (χ3n) is 3.03. The number of carboxylic acid groups (broad SMARTS) is 1. The number of anilines is 1. The third-order valence-corrected chi connectivity index (χ3v) is 3.03. The molecule has 1 aromatic heterocycles. The number of carbonyl (C=O) groups excluding carboxylic acids is 1. The predicted octanol–water partition coefficient (Wildman–Crippen LogP) is 3.47. The van der Waals surface area contributed by atoms with Crippen LogP contribution < -0.4 is 5.32 Å². The number of carboxylic acids is 1. The summed E-state index contributed by atoms with van der Waals surface area (Å²) in [7, 11) is 0. The number of unbranched alkanes of at least 4 members (excludes halogenated alkanes) is 5. The lowest BCUT2D eigenvalue weighted by Gasteiger charge is -2.05. The fourth-order valence-corrected chi connectivity index (χ4v) is 1.91. The minimum absolute atomic E-state index is 0.0716. The number of nitrogens with one attached hydrogen (secondary N) is 1. The van der Waals surface area contributed by atoms with E-state index >= 15 is 0 Å². The Labute approximate surface area is 119 Å². The van der Waals surface area contributed by atoms with Crippen LogP contribution in [0.2, 0.25) is 0 Å². The van der Waals surface area contributed by atoms with E-state index < -0.39 is 5.97 Å². The van der Waals surface area contributed by atoms with Crippen LogP contribution in [0.4, 0.5) is 5.69 Å². The van der Waals surface area contributed by atoms with E-state index in [1.807, 2.05) is 0 Å². The summed E-state index contributed by atoms with van der Waals surface area (Å²) in [4.78, 5) is 26.3. The van der Waals surface area contributed by atoms with E-state index in [-0.39, 0.29) is 11.5 Å². The molecule has 5 heteroatoms. The van der Waals surface area contributed by atoms with Crippen LogP contribution in [0.1, 0.15) is 62.2 Å². The van der Waals surface area contributed by atoms with Gasteiger partial charge >= 0.3 is 5.97 Å². The van der Waals surface area contributed by atoms with Gasteiger partial charge in [0.25, 0.3) is 0 Å². The number of pyridine rings is 1. The van der Waals surface area contributed by atoms with Gasteiger partial charge in [0.05, 0.1) is 17.4 Å². The third kappa shape index (κ3) is 6.31. The van der Waals surface area contributed by atoms with Gasteiger partial charge in [-0.2, -0.15) is 0 Å². The van der Waals surface area contributed by atoms with E-state index in [2.05, 4.69) is 17.2 Å². The zero-order valence-corrected chi connectivity index (χ0v) is 11.9. The highest BCUT2D eigenvalue weighted by Gasteiger charge is 2.06. The summed E-state index contributed by atoms with van der Waals surface area (Å²) in [6.07, 6.45) is 9.94. The number of carbonyl (C=O) groups is 2. The quantitative estimate of drug-likeness (QED) is 0.678. The standard InChI is InChI=1S/C15H22N2O3/c1-2-3-4-5-6-7-8-14(18)17-13-9-12(15(19)20)10-16-11-13/h9-11H,2-8H2,1H3,(H,17,18)(H,19,20). The van der Waals surface area contributed by atoms with Crippen molar-refractivity contribution in [2.45, 2.75) is 51.9 Å². The summed E-state index contributed by atoms with van der Waals surface area (Å²) >= 11 is 0. The molecule has 0 aliphatic heterocycles. The highest BCUT2D eigenvalue weighted by Crippen LogP contribution is 2.11. The Kier molecular flexibility index (Phi) is 7.32. The summed E-state index contributed by atoms with van der Waals surface area (Å²) in [6.45, 7) is 2.17. The van der Waals surface area contributed by atoms with Crippen molar-refractivity contribution < 1.29 is 14.7 Å². The summed E-state index contributed by atoms with van der Waals surface area (Å²) in [5.74, 6) is -1.14. The van der Waals surface area contributed by atoms with Gasteiger partial charge in [0.2, 0.25) is 5.91 Å². The van der Waals surface area contributed by atoms with Crippen LogP contribution in [0.25, 0.3) is 0 Å². The average molecular weight is 278 g/mol. The molecule has 0 spiro atoms. The number of rotatable bonds is 9. The molecule has 1 rings (SSSR count). The maximum absolute atomic E-state index is 11.7. The van der Waals surface area contributed by atoms with Gasteiger partial charge < -0.3 is 10.4 Å². The summed E-state index contributed by atoms with van der Waals surface area (Å²) in [5, 5.41) is 11.5. The lowest BCUT2D eigenvalue weighted by atomic mass is 10.1. The van der Waals surface area contributed by atoms with E-state index in [9.17, 15) is 9.59 Å². The fraction of sp³-hybridized carbons (Fsp3) is 0.533. The molecule has 0 radical (unpaired) electrons. The summed E-state index contributed by atoms with van der Waals surface area (Å²) in [6, 6.07) is 1.41. The molecule has 0 aromatic carbocycles. The molecule has 110 valence electrons. The Morgan fingerprint density at radius 3 is 2.55 bits per heavy atom. The van der Waals surface area contributed by atoms with Crippen LogP contribution in [0, 0.1) is 0 Å². The molecule has 0 saturated carbocycles. The molecule has 0 bridgehead atoms. The molecular formula is C15H22N2O3. The molecule has 1 heterocycles. The molecule has 0 aliphatic rings. The Morgan fingerprint density at radius 1 is 1.15 bits per heavy atom. The number of aromatic carboxylic acids is 1. The highest BCUT2D eigenvalue weighted by molar-refractivity contribution is 5.93. The summed E-state index contributed by atoms with van der Waals surface area (Å²) < 4.78 is 0. The fourth-order valence-electron chi connectivity index (χ4n) is 1.91. The molecule has 0 unspecified atom stereocenters. The molecule has 1 amide bonds. The first-order chi connectivity index (χ1) is 9.63. The molecule has 0 saturated heterocycles. The van der Waals surface area contributed by atoms with Crippen LogP contribution in [-0.4, -0.2) is 22.0 Å². The van der Waals surface area contributed by atoms with Gasteiger partial charge in [-0.1, -0.05) is 39.0 Å². The Hall–Kier alpha value is -1.91. The van der Waals surface area contributed by atoms with Crippen LogP contribution in [0.3, 0.4) is 0 Å². The minimum atomic E-state index is -1.05. The van der Waals surface area contributed by atoms with Crippen molar-refractivity contribution >= 4 is 17.6 Å². The average Bonchev–Trinajstić information content (AvgIpc) is 2.43. The maximum atomic E-state index is 11.7. The first-order valence-corrected chi connectivity index (χ1v) is 7.11. The van der Waals surface area contributed by atoms with E-state index in [0.29, 0.717) is 12.1 Å². The topological polar surface area (TPSA) is 79.3 Å². The Bertz CT molecular complexity index is 446. The lowest BCUT2D eigenvalue weighted by molar-refractivity contribution is -0.116.